The minimum atomic E-state index is -0.783. The molecule has 50 heavy (non-hydrogen) atoms. The SMILES string of the molecule is CCOC(=O)C1=C(C)NC(=O)N[C@H]1c1ccc(OCC(=O)N/N=C/c2c(C)n(Cc3ccc(C(=O)OCC)cc3)c3ccccc23)c(OC)c1. The molecular weight excluding hydrogens is 642 g/mol. The Morgan fingerprint density at radius 2 is 1.66 bits per heavy atom. The number of carbonyl (C=O) groups is 4. The first kappa shape index (κ1) is 35.2. The number of urea groups is 1. The van der Waals surface area contributed by atoms with Crippen molar-refractivity contribution >= 4 is 41.0 Å². The molecule has 1 aromatic heterocycles. The maximum atomic E-state index is 12.7. The number of nitrogens with zero attached hydrogens (tertiary/aromatic N) is 2. The molecule has 1 aliphatic heterocycles. The zero-order chi connectivity index (χ0) is 35.8. The van der Waals surface area contributed by atoms with E-state index in [4.69, 9.17) is 18.9 Å². The second kappa shape index (κ2) is 15.9. The number of ether oxygens (including phenoxy) is 4. The first-order chi connectivity index (χ1) is 24.1. The number of fused-ring (bicyclic) bond motifs is 1. The van der Waals surface area contributed by atoms with Crippen molar-refractivity contribution in [3.8, 4) is 11.5 Å². The van der Waals surface area contributed by atoms with Crippen LogP contribution in [0.2, 0.25) is 0 Å². The number of nitrogens with one attached hydrogen (secondary N) is 3. The van der Waals surface area contributed by atoms with E-state index in [0.29, 0.717) is 35.7 Å². The van der Waals surface area contributed by atoms with Crippen molar-refractivity contribution in [1.29, 1.82) is 0 Å². The Kier molecular flexibility index (Phi) is 11.2. The summed E-state index contributed by atoms with van der Waals surface area (Å²) in [6.07, 6.45) is 1.61. The van der Waals surface area contributed by atoms with Gasteiger partial charge in [0.2, 0.25) is 0 Å². The highest BCUT2D eigenvalue weighted by Crippen LogP contribution is 2.34. The molecule has 1 atom stereocenters. The molecule has 0 radical (unpaired) electrons. The summed E-state index contributed by atoms with van der Waals surface area (Å²) in [6, 6.07) is 18.9. The Morgan fingerprint density at radius 1 is 0.940 bits per heavy atom. The molecule has 0 fully saturated rings. The smallest absolute Gasteiger partial charge is 0.338 e. The number of allylic oxidation sites excluding steroid dienone is 1. The topological polar surface area (TPSA) is 159 Å². The van der Waals surface area contributed by atoms with Crippen LogP contribution in [0.4, 0.5) is 4.79 Å². The fourth-order valence-corrected chi connectivity index (χ4v) is 5.72. The van der Waals surface area contributed by atoms with Gasteiger partial charge in [-0.25, -0.2) is 19.8 Å². The van der Waals surface area contributed by atoms with Gasteiger partial charge in [-0.15, -0.1) is 0 Å². The van der Waals surface area contributed by atoms with Gasteiger partial charge in [0.1, 0.15) is 0 Å². The van der Waals surface area contributed by atoms with E-state index in [0.717, 1.165) is 27.7 Å². The highest BCUT2D eigenvalue weighted by Gasteiger charge is 2.32. The van der Waals surface area contributed by atoms with Crippen LogP contribution in [0.3, 0.4) is 0 Å². The summed E-state index contributed by atoms with van der Waals surface area (Å²) in [5, 5.41) is 10.5. The van der Waals surface area contributed by atoms with E-state index in [-0.39, 0.29) is 30.5 Å². The Balaban J connectivity index is 1.26. The van der Waals surface area contributed by atoms with Crippen LogP contribution < -0.4 is 25.5 Å². The van der Waals surface area contributed by atoms with Crippen molar-refractivity contribution in [1.82, 2.24) is 20.6 Å². The van der Waals surface area contributed by atoms with Gasteiger partial charge in [-0.2, -0.15) is 5.10 Å². The average molecular weight is 682 g/mol. The lowest BCUT2D eigenvalue weighted by Crippen LogP contribution is -2.45. The lowest BCUT2D eigenvalue weighted by atomic mass is 9.95. The van der Waals surface area contributed by atoms with E-state index in [1.54, 1.807) is 57.3 Å². The van der Waals surface area contributed by atoms with E-state index in [1.165, 1.54) is 7.11 Å². The lowest BCUT2D eigenvalue weighted by Gasteiger charge is -2.28. The zero-order valence-electron chi connectivity index (χ0n) is 28.5. The van der Waals surface area contributed by atoms with Gasteiger partial charge >= 0.3 is 18.0 Å². The van der Waals surface area contributed by atoms with Crippen LogP contribution in [0.1, 0.15) is 59.6 Å². The minimum Gasteiger partial charge on any atom is -0.493 e. The summed E-state index contributed by atoms with van der Waals surface area (Å²) in [6.45, 7) is 7.79. The van der Waals surface area contributed by atoms with Gasteiger partial charge in [0.25, 0.3) is 5.91 Å². The van der Waals surface area contributed by atoms with E-state index in [1.807, 2.05) is 43.3 Å². The summed E-state index contributed by atoms with van der Waals surface area (Å²) >= 11 is 0. The Morgan fingerprint density at radius 3 is 2.38 bits per heavy atom. The summed E-state index contributed by atoms with van der Waals surface area (Å²) in [7, 11) is 1.45. The van der Waals surface area contributed by atoms with Crippen LogP contribution >= 0.6 is 0 Å². The number of para-hydroxylation sites is 1. The molecule has 0 spiro atoms. The number of amides is 3. The zero-order valence-corrected chi connectivity index (χ0v) is 28.5. The maximum Gasteiger partial charge on any atom is 0.338 e. The molecule has 3 aromatic carbocycles. The van der Waals surface area contributed by atoms with Gasteiger partial charge in [-0.05, 0) is 69.2 Å². The molecule has 3 amide bonds. The Labute approximate surface area is 289 Å². The van der Waals surface area contributed by atoms with Crippen molar-refractivity contribution < 1.29 is 38.1 Å². The van der Waals surface area contributed by atoms with E-state index in [2.05, 4.69) is 25.7 Å². The first-order valence-corrected chi connectivity index (χ1v) is 16.1. The molecule has 0 unspecified atom stereocenters. The maximum absolute atomic E-state index is 12.7. The molecule has 0 aliphatic carbocycles. The summed E-state index contributed by atoms with van der Waals surface area (Å²) in [5.74, 6) is -0.827. The van der Waals surface area contributed by atoms with E-state index >= 15 is 0 Å². The molecule has 13 nitrogen and oxygen atoms in total. The number of benzene rings is 3. The van der Waals surface area contributed by atoms with Crippen molar-refractivity contribution in [3.63, 3.8) is 0 Å². The standard InChI is InChI=1S/C37H39N5O8/c1-6-48-35(44)25-14-12-24(13-15-25)20-42-23(4)28(27-10-8-9-11-29(27)42)19-38-41-32(43)21-50-30-17-16-26(18-31(30)47-5)34-33(36(45)49-7-2)22(3)39-37(46)40-34/h8-19,34H,6-7,20-21H2,1-5H3,(H,41,43)(H2,39,40,46)/b38-19+/t34-/m0/s1. The molecular formula is C37H39N5O8. The average Bonchev–Trinajstić information content (AvgIpc) is 3.37. The van der Waals surface area contributed by atoms with Crippen LogP contribution in [0, 0.1) is 6.92 Å². The number of hydrogen-bond donors (Lipinski definition) is 3. The van der Waals surface area contributed by atoms with Crippen LogP contribution in [0.25, 0.3) is 10.9 Å². The van der Waals surface area contributed by atoms with Gasteiger partial charge in [-0.3, -0.25) is 4.79 Å². The number of methoxy groups -OCH3 is 1. The molecule has 13 heteroatoms. The van der Waals surface area contributed by atoms with Gasteiger partial charge < -0.3 is 34.1 Å². The van der Waals surface area contributed by atoms with Gasteiger partial charge in [0.05, 0.1) is 43.7 Å². The monoisotopic (exact) mass is 681 g/mol. The summed E-state index contributed by atoms with van der Waals surface area (Å²) in [4.78, 5) is 49.7. The van der Waals surface area contributed by atoms with Crippen LogP contribution in [0.5, 0.6) is 11.5 Å². The molecule has 5 rings (SSSR count). The quantitative estimate of drug-likeness (QED) is 0.102. The van der Waals surface area contributed by atoms with Gasteiger partial charge in [-0.1, -0.05) is 36.4 Å². The Bertz CT molecular complexity index is 1980. The van der Waals surface area contributed by atoms with Crippen molar-refractivity contribution in [2.75, 3.05) is 26.9 Å². The predicted molar refractivity (Wildman–Crippen MR) is 186 cm³/mol. The largest absolute Gasteiger partial charge is 0.493 e. The second-order valence-electron chi connectivity index (χ2n) is 11.3. The predicted octanol–water partition coefficient (Wildman–Crippen LogP) is 4.90. The molecule has 0 saturated carbocycles. The van der Waals surface area contributed by atoms with E-state index < -0.39 is 23.9 Å². The number of hydrazone groups is 1. The van der Waals surface area contributed by atoms with E-state index in [9.17, 15) is 19.2 Å². The number of esters is 2. The molecule has 0 saturated heterocycles. The van der Waals surface area contributed by atoms with Crippen LogP contribution in [0.15, 0.2) is 83.1 Å². The number of carbonyl (C=O) groups excluding carboxylic acids is 4. The van der Waals surface area contributed by atoms with Gasteiger partial charge in [0.15, 0.2) is 18.1 Å². The highest BCUT2D eigenvalue weighted by molar-refractivity contribution is 6.01. The van der Waals surface area contributed by atoms with Crippen LogP contribution in [-0.4, -0.2) is 61.6 Å². The van der Waals surface area contributed by atoms with Crippen molar-refractivity contribution in [2.24, 2.45) is 5.10 Å². The third-order valence-corrected chi connectivity index (χ3v) is 8.11. The lowest BCUT2D eigenvalue weighted by molar-refractivity contribution is -0.139. The molecule has 3 N–H and O–H groups in total. The summed E-state index contributed by atoms with van der Waals surface area (Å²) < 4.78 is 23.7. The summed E-state index contributed by atoms with van der Waals surface area (Å²) in [5.41, 5.74) is 8.02. The van der Waals surface area contributed by atoms with Crippen molar-refractivity contribution in [3.05, 3.63) is 106 Å². The molecule has 4 aromatic rings. The molecule has 1 aliphatic rings. The Hall–Kier alpha value is -6.11. The van der Waals surface area contributed by atoms with Gasteiger partial charge in [0, 0.05) is 34.4 Å². The first-order valence-electron chi connectivity index (χ1n) is 16.1. The number of rotatable bonds is 13. The third kappa shape index (κ3) is 7.78. The fourth-order valence-electron chi connectivity index (χ4n) is 5.72. The molecule has 260 valence electrons. The second-order valence-corrected chi connectivity index (χ2v) is 11.3. The normalized spacial score (nSPS) is 14.3. The molecule has 2 heterocycles. The fraction of sp³-hybridized carbons (Fsp3) is 0.270. The highest BCUT2D eigenvalue weighted by atomic mass is 16.5. The van der Waals surface area contributed by atoms with Crippen molar-refractivity contribution in [2.45, 2.75) is 40.3 Å². The number of hydrogen-bond acceptors (Lipinski definition) is 9. The van der Waals surface area contributed by atoms with Crippen LogP contribution in [-0.2, 0) is 25.6 Å². The number of aromatic nitrogens is 1. The minimum absolute atomic E-state index is 0.178. The molecule has 0 bridgehead atoms. The third-order valence-electron chi connectivity index (χ3n) is 8.11.